The Balaban J connectivity index is 1.73. The van der Waals surface area contributed by atoms with Gasteiger partial charge in [0.2, 0.25) is 17.3 Å². The molecule has 2 aromatic carbocycles. The first kappa shape index (κ1) is 20.1. The summed E-state index contributed by atoms with van der Waals surface area (Å²) in [5.74, 6) is 1.21. The summed E-state index contributed by atoms with van der Waals surface area (Å²) in [5.41, 5.74) is 2.44. The van der Waals surface area contributed by atoms with Gasteiger partial charge in [-0.05, 0) is 18.6 Å². The van der Waals surface area contributed by atoms with Crippen LogP contribution in [0.25, 0.3) is 11.3 Å². The number of nitro benzene ring substituents is 1. The first-order valence-corrected chi connectivity index (χ1v) is 10.8. The van der Waals surface area contributed by atoms with Crippen LogP contribution < -0.4 is 10.1 Å². The van der Waals surface area contributed by atoms with E-state index in [1.807, 2.05) is 24.3 Å². The standard InChI is InChI=1S/C21H21N5O3S/c1-2-3-8-13-30-21-23-20-18(24-25-21)14-9-4-6-11-16(14)22-19(29-20)15-10-5-7-12-17(15)26(27)28/h4-7,9-12,19,22H,2-3,8,13H2,1H3/t19-/m0/s1. The zero-order valence-corrected chi connectivity index (χ0v) is 17.3. The van der Waals surface area contributed by atoms with Crippen LogP contribution in [0.15, 0.2) is 53.7 Å². The number of para-hydroxylation sites is 2. The summed E-state index contributed by atoms with van der Waals surface area (Å²) in [6.45, 7) is 2.16. The molecule has 0 amide bonds. The lowest BCUT2D eigenvalue weighted by Crippen LogP contribution is -2.18. The molecule has 4 rings (SSSR count). The van der Waals surface area contributed by atoms with Crippen molar-refractivity contribution in [2.75, 3.05) is 11.1 Å². The normalized spacial score (nSPS) is 14.6. The average Bonchev–Trinajstić information content (AvgIpc) is 2.93. The van der Waals surface area contributed by atoms with E-state index >= 15 is 0 Å². The molecule has 1 atom stereocenters. The number of benzene rings is 2. The van der Waals surface area contributed by atoms with Crippen LogP contribution in [0.4, 0.5) is 11.4 Å². The Morgan fingerprint density at radius 3 is 2.77 bits per heavy atom. The quantitative estimate of drug-likeness (QED) is 0.238. The SMILES string of the molecule is CCCCCSc1nnc2c(n1)O[C@@H](c1ccccc1[N+](=O)[O-])Nc1ccccc1-2. The lowest BCUT2D eigenvalue weighted by molar-refractivity contribution is -0.386. The number of unbranched alkanes of at least 4 members (excludes halogenated alkanes) is 2. The van der Waals surface area contributed by atoms with Gasteiger partial charge >= 0.3 is 0 Å². The van der Waals surface area contributed by atoms with E-state index in [1.165, 1.54) is 17.8 Å². The zero-order valence-electron chi connectivity index (χ0n) is 16.4. The molecule has 1 aromatic heterocycles. The Hall–Kier alpha value is -3.20. The number of aromatic nitrogens is 3. The molecule has 0 saturated carbocycles. The molecule has 0 radical (unpaired) electrons. The fourth-order valence-corrected chi connectivity index (χ4v) is 4.02. The number of nitrogens with zero attached hydrogens (tertiary/aromatic N) is 4. The molecule has 154 valence electrons. The fraction of sp³-hybridized carbons (Fsp3) is 0.286. The molecule has 0 saturated heterocycles. The van der Waals surface area contributed by atoms with Gasteiger partial charge < -0.3 is 10.1 Å². The molecule has 2 heterocycles. The Morgan fingerprint density at radius 1 is 1.13 bits per heavy atom. The van der Waals surface area contributed by atoms with Crippen molar-refractivity contribution in [2.45, 2.75) is 37.6 Å². The Labute approximate surface area is 178 Å². The first-order chi connectivity index (χ1) is 14.7. The van der Waals surface area contributed by atoms with Crippen molar-refractivity contribution >= 4 is 23.1 Å². The van der Waals surface area contributed by atoms with Crippen LogP contribution in [-0.2, 0) is 0 Å². The summed E-state index contributed by atoms with van der Waals surface area (Å²) in [6, 6.07) is 14.1. The van der Waals surface area contributed by atoms with Crippen molar-refractivity contribution in [1.29, 1.82) is 0 Å². The molecule has 0 aliphatic carbocycles. The molecule has 8 nitrogen and oxygen atoms in total. The van der Waals surface area contributed by atoms with E-state index in [2.05, 4.69) is 27.4 Å². The number of hydrogen-bond donors (Lipinski definition) is 1. The zero-order chi connectivity index (χ0) is 20.9. The fourth-order valence-electron chi connectivity index (χ4n) is 3.24. The second kappa shape index (κ2) is 9.08. The van der Waals surface area contributed by atoms with Crippen molar-refractivity contribution in [3.05, 3.63) is 64.2 Å². The lowest BCUT2D eigenvalue weighted by atomic mass is 10.1. The highest BCUT2D eigenvalue weighted by atomic mass is 32.2. The molecule has 0 unspecified atom stereocenters. The van der Waals surface area contributed by atoms with E-state index in [0.717, 1.165) is 36.3 Å². The Morgan fingerprint density at radius 2 is 1.93 bits per heavy atom. The van der Waals surface area contributed by atoms with Gasteiger partial charge in [-0.3, -0.25) is 10.1 Å². The summed E-state index contributed by atoms with van der Waals surface area (Å²) >= 11 is 1.53. The Bertz CT molecular complexity index is 1060. The van der Waals surface area contributed by atoms with Gasteiger partial charge in [-0.15, -0.1) is 10.2 Å². The number of nitrogens with one attached hydrogen (secondary N) is 1. The molecular formula is C21H21N5O3S. The van der Waals surface area contributed by atoms with Gasteiger partial charge in [0.1, 0.15) is 0 Å². The van der Waals surface area contributed by atoms with Crippen LogP contribution in [-0.4, -0.2) is 25.9 Å². The van der Waals surface area contributed by atoms with Crippen LogP contribution >= 0.6 is 11.8 Å². The van der Waals surface area contributed by atoms with Crippen LogP contribution in [0.1, 0.15) is 38.0 Å². The van der Waals surface area contributed by atoms with E-state index in [0.29, 0.717) is 22.3 Å². The number of anilines is 1. The van der Waals surface area contributed by atoms with Gasteiger partial charge in [0.05, 0.1) is 10.5 Å². The third-order valence-corrected chi connectivity index (χ3v) is 5.65. The summed E-state index contributed by atoms with van der Waals surface area (Å²) in [7, 11) is 0. The topological polar surface area (TPSA) is 103 Å². The third kappa shape index (κ3) is 4.20. The van der Waals surface area contributed by atoms with Crippen molar-refractivity contribution < 1.29 is 9.66 Å². The second-order valence-corrected chi connectivity index (χ2v) is 7.87. The van der Waals surface area contributed by atoms with E-state index in [4.69, 9.17) is 4.74 Å². The summed E-state index contributed by atoms with van der Waals surface area (Å²) < 4.78 is 6.14. The molecule has 0 bridgehead atoms. The molecule has 30 heavy (non-hydrogen) atoms. The highest BCUT2D eigenvalue weighted by Crippen LogP contribution is 2.40. The summed E-state index contributed by atoms with van der Waals surface area (Å²) in [5, 5.41) is 24.0. The van der Waals surface area contributed by atoms with Crippen LogP contribution in [0.5, 0.6) is 5.88 Å². The number of nitro groups is 1. The number of hydrogen-bond acceptors (Lipinski definition) is 8. The molecule has 0 spiro atoms. The number of rotatable bonds is 7. The minimum Gasteiger partial charge on any atom is -0.447 e. The van der Waals surface area contributed by atoms with Crippen LogP contribution in [0, 0.1) is 10.1 Å². The van der Waals surface area contributed by atoms with Gasteiger partial charge in [0, 0.05) is 23.1 Å². The monoisotopic (exact) mass is 423 g/mol. The summed E-state index contributed by atoms with van der Waals surface area (Å²) in [6.07, 6.45) is 2.58. The maximum atomic E-state index is 11.5. The van der Waals surface area contributed by atoms with Crippen LogP contribution in [0.2, 0.25) is 0 Å². The largest absolute Gasteiger partial charge is 0.447 e. The van der Waals surface area contributed by atoms with Gasteiger partial charge in [-0.2, -0.15) is 4.98 Å². The predicted molar refractivity (Wildman–Crippen MR) is 116 cm³/mol. The molecule has 9 heteroatoms. The Kier molecular flexibility index (Phi) is 6.08. The van der Waals surface area contributed by atoms with Gasteiger partial charge in [-0.1, -0.05) is 61.9 Å². The maximum Gasteiger partial charge on any atom is 0.278 e. The lowest BCUT2D eigenvalue weighted by Gasteiger charge is -2.19. The molecule has 1 N–H and O–H groups in total. The number of ether oxygens (including phenoxy) is 1. The third-order valence-electron chi connectivity index (χ3n) is 4.73. The predicted octanol–water partition coefficient (Wildman–Crippen LogP) is 5.23. The number of thioether (sulfide) groups is 1. The molecule has 0 fully saturated rings. The average molecular weight is 423 g/mol. The van der Waals surface area contributed by atoms with Crippen molar-refractivity contribution in [3.63, 3.8) is 0 Å². The van der Waals surface area contributed by atoms with Gasteiger partial charge in [0.25, 0.3) is 5.69 Å². The highest BCUT2D eigenvalue weighted by Gasteiger charge is 2.30. The smallest absolute Gasteiger partial charge is 0.278 e. The minimum atomic E-state index is -0.788. The molecule has 3 aromatic rings. The number of fused-ring (bicyclic) bond motifs is 3. The van der Waals surface area contributed by atoms with Crippen LogP contribution in [0.3, 0.4) is 0 Å². The van der Waals surface area contributed by atoms with Crippen molar-refractivity contribution in [3.8, 4) is 17.1 Å². The van der Waals surface area contributed by atoms with E-state index in [1.54, 1.807) is 18.2 Å². The van der Waals surface area contributed by atoms with Gasteiger partial charge in [-0.25, -0.2) is 0 Å². The van der Waals surface area contributed by atoms with Gasteiger partial charge in [0.15, 0.2) is 5.69 Å². The first-order valence-electron chi connectivity index (χ1n) is 9.80. The van der Waals surface area contributed by atoms with E-state index in [9.17, 15) is 10.1 Å². The van der Waals surface area contributed by atoms with Crippen molar-refractivity contribution in [2.24, 2.45) is 0 Å². The summed E-state index contributed by atoms with van der Waals surface area (Å²) in [4.78, 5) is 15.7. The molecule has 1 aliphatic heterocycles. The van der Waals surface area contributed by atoms with Crippen molar-refractivity contribution in [1.82, 2.24) is 15.2 Å². The van der Waals surface area contributed by atoms with E-state index in [-0.39, 0.29) is 5.69 Å². The molecule has 1 aliphatic rings. The minimum absolute atomic E-state index is 0.0212. The highest BCUT2D eigenvalue weighted by molar-refractivity contribution is 7.99. The maximum absolute atomic E-state index is 11.5. The van der Waals surface area contributed by atoms with E-state index < -0.39 is 11.2 Å². The molecular weight excluding hydrogens is 402 g/mol. The second-order valence-electron chi connectivity index (χ2n) is 6.81.